The first-order chi connectivity index (χ1) is 11.8. The molecule has 0 fully saturated rings. The first-order valence-corrected chi connectivity index (χ1v) is 8.47. The first kappa shape index (κ1) is 19.1. The molecule has 6 nitrogen and oxygen atoms in total. The molecule has 2 rings (SSSR count). The predicted octanol–water partition coefficient (Wildman–Crippen LogP) is 3.54. The zero-order valence-electron chi connectivity index (χ0n) is 15.5. The number of nitrogens with one attached hydrogen (secondary N) is 1. The van der Waals surface area contributed by atoms with E-state index in [0.29, 0.717) is 36.4 Å². The summed E-state index contributed by atoms with van der Waals surface area (Å²) in [6.45, 7) is 9.36. The van der Waals surface area contributed by atoms with Gasteiger partial charge in [-0.05, 0) is 45.7 Å². The van der Waals surface area contributed by atoms with Crippen LogP contribution in [-0.4, -0.2) is 27.9 Å². The van der Waals surface area contributed by atoms with Gasteiger partial charge in [-0.1, -0.05) is 12.8 Å². The van der Waals surface area contributed by atoms with E-state index in [-0.39, 0.29) is 5.91 Å². The first-order valence-electron chi connectivity index (χ1n) is 8.47. The van der Waals surface area contributed by atoms with Gasteiger partial charge in [0.25, 0.3) is 0 Å². The summed E-state index contributed by atoms with van der Waals surface area (Å²) in [4.78, 5) is 11.8. The highest BCUT2D eigenvalue weighted by molar-refractivity contribution is 5.96. The van der Waals surface area contributed by atoms with Gasteiger partial charge < -0.3 is 20.0 Å². The molecule has 0 aliphatic carbocycles. The lowest BCUT2D eigenvalue weighted by Gasteiger charge is -2.36. The average Bonchev–Trinajstić information content (AvgIpc) is 2.56. The van der Waals surface area contributed by atoms with Crippen molar-refractivity contribution in [3.8, 4) is 23.5 Å². The predicted molar refractivity (Wildman–Crippen MR) is 95.6 cm³/mol. The Morgan fingerprint density at radius 2 is 2.00 bits per heavy atom. The molecular formula is C19H26N2O4. The van der Waals surface area contributed by atoms with E-state index >= 15 is 0 Å². The number of nitrogens with zero attached hydrogens (tertiary/aromatic N) is 1. The van der Waals surface area contributed by atoms with E-state index in [9.17, 15) is 10.0 Å². The number of hydrogen-bond donors (Lipinski definition) is 2. The SMILES string of the molecule is CC#COc1ccc(OC(CC)N(O)C(C)(C)C)c2c1NC(=O)CC2. The molecule has 25 heavy (non-hydrogen) atoms. The molecule has 1 aliphatic heterocycles. The van der Waals surface area contributed by atoms with E-state index in [1.165, 1.54) is 5.06 Å². The lowest BCUT2D eigenvalue weighted by atomic mass is 10.0. The third kappa shape index (κ3) is 4.44. The maximum Gasteiger partial charge on any atom is 0.224 e. The summed E-state index contributed by atoms with van der Waals surface area (Å²) in [6, 6.07) is 3.51. The quantitative estimate of drug-likeness (QED) is 0.485. The number of hydroxylamine groups is 2. The molecule has 0 saturated heterocycles. The van der Waals surface area contributed by atoms with Crippen LogP contribution < -0.4 is 14.8 Å². The van der Waals surface area contributed by atoms with Gasteiger partial charge in [0.15, 0.2) is 12.0 Å². The molecule has 0 radical (unpaired) electrons. The second-order valence-electron chi connectivity index (χ2n) is 6.91. The van der Waals surface area contributed by atoms with Crippen LogP contribution in [0.15, 0.2) is 12.1 Å². The Morgan fingerprint density at radius 1 is 1.32 bits per heavy atom. The molecular weight excluding hydrogens is 320 g/mol. The highest BCUT2D eigenvalue weighted by Crippen LogP contribution is 2.39. The number of rotatable bonds is 5. The van der Waals surface area contributed by atoms with Gasteiger partial charge in [0.05, 0.1) is 5.69 Å². The van der Waals surface area contributed by atoms with E-state index < -0.39 is 11.8 Å². The fourth-order valence-corrected chi connectivity index (χ4v) is 2.62. The molecule has 6 heteroatoms. The van der Waals surface area contributed by atoms with Crippen molar-refractivity contribution < 1.29 is 19.5 Å². The number of carbonyl (C=O) groups is 1. The summed E-state index contributed by atoms with van der Waals surface area (Å²) in [5.74, 6) is 3.72. The number of amides is 1. The van der Waals surface area contributed by atoms with Gasteiger partial charge in [0.1, 0.15) is 11.9 Å². The molecule has 1 atom stereocenters. The van der Waals surface area contributed by atoms with Crippen molar-refractivity contribution in [2.75, 3.05) is 5.32 Å². The summed E-state index contributed by atoms with van der Waals surface area (Å²) in [5.41, 5.74) is 0.997. The Kier molecular flexibility index (Phi) is 5.93. The lowest BCUT2D eigenvalue weighted by molar-refractivity contribution is -0.235. The van der Waals surface area contributed by atoms with Crippen molar-refractivity contribution in [3.05, 3.63) is 17.7 Å². The summed E-state index contributed by atoms with van der Waals surface area (Å²) in [5, 5.41) is 14.5. The van der Waals surface area contributed by atoms with Gasteiger partial charge in [0.2, 0.25) is 5.91 Å². The molecule has 1 amide bonds. The molecule has 1 aliphatic rings. The van der Waals surface area contributed by atoms with Crippen molar-refractivity contribution in [2.24, 2.45) is 0 Å². The van der Waals surface area contributed by atoms with Crippen LogP contribution in [0.1, 0.15) is 53.0 Å². The highest BCUT2D eigenvalue weighted by atomic mass is 16.6. The Bertz CT molecular complexity index is 698. The minimum atomic E-state index is -0.496. The zero-order valence-corrected chi connectivity index (χ0v) is 15.5. The number of benzene rings is 1. The monoisotopic (exact) mass is 346 g/mol. The maximum atomic E-state index is 11.8. The zero-order chi connectivity index (χ0) is 18.6. The van der Waals surface area contributed by atoms with E-state index in [1.807, 2.05) is 27.7 Å². The Hall–Kier alpha value is -2.23. The van der Waals surface area contributed by atoms with Gasteiger partial charge in [-0.15, -0.1) is 5.06 Å². The van der Waals surface area contributed by atoms with E-state index in [2.05, 4.69) is 17.3 Å². The number of ether oxygens (including phenoxy) is 2. The molecule has 0 saturated carbocycles. The van der Waals surface area contributed by atoms with Gasteiger partial charge in [-0.2, -0.15) is 0 Å². The fraction of sp³-hybridized carbons (Fsp3) is 0.526. The molecule has 1 heterocycles. The van der Waals surface area contributed by atoms with Crippen molar-refractivity contribution in [1.82, 2.24) is 5.06 Å². The van der Waals surface area contributed by atoms with Gasteiger partial charge in [-0.25, -0.2) is 0 Å². The number of anilines is 1. The summed E-state index contributed by atoms with van der Waals surface area (Å²) < 4.78 is 11.5. The smallest absolute Gasteiger partial charge is 0.224 e. The molecule has 136 valence electrons. The standard InChI is InChI=1S/C19H26N2O4/c1-6-12-24-15-10-9-14(13-8-11-16(22)20-18(13)15)25-17(7-2)21(23)19(3,4)5/h9-10,17,23H,7-8,11H2,1-5H3,(H,20,22). The summed E-state index contributed by atoms with van der Waals surface area (Å²) in [7, 11) is 0. The molecule has 0 spiro atoms. The Balaban J connectivity index is 2.36. The molecule has 1 aromatic carbocycles. The molecule has 1 aromatic rings. The van der Waals surface area contributed by atoms with Gasteiger partial charge in [-0.3, -0.25) is 4.79 Å². The van der Waals surface area contributed by atoms with Crippen LogP contribution in [0.5, 0.6) is 11.5 Å². The highest BCUT2D eigenvalue weighted by Gasteiger charge is 2.30. The van der Waals surface area contributed by atoms with E-state index in [1.54, 1.807) is 19.1 Å². The second kappa shape index (κ2) is 7.77. The van der Waals surface area contributed by atoms with Crippen LogP contribution in [-0.2, 0) is 11.2 Å². The molecule has 0 bridgehead atoms. The number of carbonyl (C=O) groups excluding carboxylic acids is 1. The van der Waals surface area contributed by atoms with Crippen LogP contribution in [0.2, 0.25) is 0 Å². The van der Waals surface area contributed by atoms with Crippen LogP contribution in [0, 0.1) is 12.0 Å². The summed E-state index contributed by atoms with van der Waals surface area (Å²) >= 11 is 0. The van der Waals surface area contributed by atoms with Crippen molar-refractivity contribution in [1.29, 1.82) is 0 Å². The van der Waals surface area contributed by atoms with Crippen molar-refractivity contribution in [3.63, 3.8) is 0 Å². The minimum Gasteiger partial charge on any atom is -0.473 e. The van der Waals surface area contributed by atoms with Crippen molar-refractivity contribution >= 4 is 11.6 Å². The van der Waals surface area contributed by atoms with Gasteiger partial charge in [0, 0.05) is 24.4 Å². The molecule has 1 unspecified atom stereocenters. The minimum absolute atomic E-state index is 0.0653. The Morgan fingerprint density at radius 3 is 2.60 bits per heavy atom. The topological polar surface area (TPSA) is 71.0 Å². The van der Waals surface area contributed by atoms with Gasteiger partial charge >= 0.3 is 0 Å². The molecule has 2 N–H and O–H groups in total. The van der Waals surface area contributed by atoms with Crippen LogP contribution >= 0.6 is 0 Å². The normalized spacial score (nSPS) is 14.9. The largest absolute Gasteiger partial charge is 0.473 e. The molecule has 0 aromatic heterocycles. The van der Waals surface area contributed by atoms with Crippen molar-refractivity contribution in [2.45, 2.75) is 65.6 Å². The van der Waals surface area contributed by atoms with E-state index in [4.69, 9.17) is 9.47 Å². The Labute approximate surface area is 149 Å². The second-order valence-corrected chi connectivity index (χ2v) is 6.91. The third-order valence-electron chi connectivity index (χ3n) is 3.93. The lowest BCUT2D eigenvalue weighted by Crippen LogP contribution is -2.48. The van der Waals surface area contributed by atoms with Crippen LogP contribution in [0.4, 0.5) is 5.69 Å². The van der Waals surface area contributed by atoms with Crippen LogP contribution in [0.3, 0.4) is 0 Å². The third-order valence-corrected chi connectivity index (χ3v) is 3.93. The maximum absolute atomic E-state index is 11.8. The fourth-order valence-electron chi connectivity index (χ4n) is 2.62. The number of hydrogen-bond acceptors (Lipinski definition) is 5. The van der Waals surface area contributed by atoms with E-state index in [0.717, 1.165) is 5.56 Å². The van der Waals surface area contributed by atoms with Crippen LogP contribution in [0.25, 0.3) is 0 Å². The summed E-state index contributed by atoms with van der Waals surface area (Å²) in [6.07, 6.45) is 3.58. The number of fused-ring (bicyclic) bond motifs is 1. The average molecular weight is 346 g/mol.